The van der Waals surface area contributed by atoms with E-state index >= 15 is 0 Å². The van der Waals surface area contributed by atoms with E-state index < -0.39 is 17.3 Å². The zero-order valence-corrected chi connectivity index (χ0v) is 8.34. The second kappa shape index (κ2) is 4.55. The van der Waals surface area contributed by atoms with Crippen LogP contribution in [-0.4, -0.2) is 0 Å². The van der Waals surface area contributed by atoms with Gasteiger partial charge in [-0.05, 0) is 17.7 Å². The molecule has 0 aliphatic rings. The van der Waals surface area contributed by atoms with Crippen molar-refractivity contribution in [3.63, 3.8) is 0 Å². The van der Waals surface area contributed by atoms with E-state index in [0.717, 1.165) is 12.1 Å². The zero-order valence-electron chi connectivity index (χ0n) is 8.34. The Morgan fingerprint density at radius 1 is 1.06 bits per heavy atom. The molecular weight excluding hydrogens is 231 g/mol. The lowest BCUT2D eigenvalue weighted by molar-refractivity contribution is -0.137. The Labute approximate surface area is 94.9 Å². The zero-order chi connectivity index (χ0) is 13.1. The lowest BCUT2D eigenvalue weighted by Gasteiger charge is -2.11. The maximum absolute atomic E-state index is 12.6. The smallest absolute Gasteiger partial charge is 0.198 e. The standard InChI is InChI=1S/C11H4F3N3/c12-11(13,14)10-4-7(1-2-15)3-8(5-16)9(10)6-17/h3-4H,1H2. The third-order valence-electron chi connectivity index (χ3n) is 2.02. The molecule has 0 aliphatic carbocycles. The molecule has 0 amide bonds. The highest BCUT2D eigenvalue weighted by atomic mass is 19.4. The van der Waals surface area contributed by atoms with E-state index in [1.54, 1.807) is 6.07 Å². The molecule has 0 aliphatic heterocycles. The number of rotatable bonds is 1. The van der Waals surface area contributed by atoms with Crippen molar-refractivity contribution in [2.75, 3.05) is 0 Å². The molecule has 0 saturated carbocycles. The largest absolute Gasteiger partial charge is 0.417 e. The van der Waals surface area contributed by atoms with Gasteiger partial charge in [0, 0.05) is 0 Å². The molecule has 84 valence electrons. The SMILES string of the molecule is N#CCc1cc(C#N)c(C#N)c(C(F)(F)F)c1. The molecule has 0 atom stereocenters. The van der Waals surface area contributed by atoms with E-state index in [-0.39, 0.29) is 17.5 Å². The van der Waals surface area contributed by atoms with Crippen molar-refractivity contribution >= 4 is 0 Å². The van der Waals surface area contributed by atoms with Gasteiger partial charge in [-0.3, -0.25) is 0 Å². The summed E-state index contributed by atoms with van der Waals surface area (Å²) in [6, 6.07) is 6.43. The maximum Gasteiger partial charge on any atom is 0.417 e. The van der Waals surface area contributed by atoms with Crippen LogP contribution in [0.2, 0.25) is 0 Å². The molecule has 0 saturated heterocycles. The average molecular weight is 235 g/mol. The molecule has 3 nitrogen and oxygen atoms in total. The van der Waals surface area contributed by atoms with Crippen LogP contribution in [0.15, 0.2) is 12.1 Å². The number of hydrogen-bond acceptors (Lipinski definition) is 3. The van der Waals surface area contributed by atoms with Crippen LogP contribution in [0.5, 0.6) is 0 Å². The fraction of sp³-hybridized carbons (Fsp3) is 0.182. The fourth-order valence-corrected chi connectivity index (χ4v) is 1.33. The molecular formula is C11H4F3N3. The lowest BCUT2D eigenvalue weighted by Crippen LogP contribution is -2.10. The first-order valence-corrected chi connectivity index (χ1v) is 4.35. The van der Waals surface area contributed by atoms with Crippen LogP contribution in [0, 0.1) is 34.0 Å². The number of halogens is 3. The van der Waals surface area contributed by atoms with Crippen LogP contribution in [0.4, 0.5) is 13.2 Å². The number of hydrogen-bond donors (Lipinski definition) is 0. The van der Waals surface area contributed by atoms with Gasteiger partial charge >= 0.3 is 6.18 Å². The lowest BCUT2D eigenvalue weighted by atomic mass is 9.97. The first-order chi connectivity index (χ1) is 7.93. The van der Waals surface area contributed by atoms with Crippen LogP contribution < -0.4 is 0 Å². The van der Waals surface area contributed by atoms with E-state index in [9.17, 15) is 13.2 Å². The highest BCUT2D eigenvalue weighted by molar-refractivity contribution is 5.53. The predicted molar refractivity (Wildman–Crippen MR) is 50.2 cm³/mol. The Bertz CT molecular complexity index is 568. The summed E-state index contributed by atoms with van der Waals surface area (Å²) in [5.41, 5.74) is -2.19. The summed E-state index contributed by atoms with van der Waals surface area (Å²) >= 11 is 0. The monoisotopic (exact) mass is 235 g/mol. The van der Waals surface area contributed by atoms with Gasteiger partial charge in [0.1, 0.15) is 12.1 Å². The predicted octanol–water partition coefficient (Wildman–Crippen LogP) is 2.51. The Morgan fingerprint density at radius 3 is 2.12 bits per heavy atom. The van der Waals surface area contributed by atoms with Crippen LogP contribution in [0.25, 0.3) is 0 Å². The van der Waals surface area contributed by atoms with Gasteiger partial charge in [-0.15, -0.1) is 0 Å². The molecule has 0 bridgehead atoms. The normalized spacial score (nSPS) is 10.1. The molecule has 0 unspecified atom stereocenters. The molecule has 0 heterocycles. The molecule has 0 radical (unpaired) electrons. The van der Waals surface area contributed by atoms with Crippen molar-refractivity contribution in [2.24, 2.45) is 0 Å². The Kier molecular flexibility index (Phi) is 3.36. The van der Waals surface area contributed by atoms with E-state index in [0.29, 0.717) is 0 Å². The molecule has 0 spiro atoms. The number of benzene rings is 1. The summed E-state index contributed by atoms with van der Waals surface area (Å²) in [6.45, 7) is 0. The van der Waals surface area contributed by atoms with Crippen molar-refractivity contribution in [3.05, 3.63) is 34.4 Å². The van der Waals surface area contributed by atoms with Gasteiger partial charge in [0.25, 0.3) is 0 Å². The van der Waals surface area contributed by atoms with Gasteiger partial charge in [-0.2, -0.15) is 29.0 Å². The number of nitriles is 3. The van der Waals surface area contributed by atoms with Crippen molar-refractivity contribution in [3.8, 4) is 18.2 Å². The van der Waals surface area contributed by atoms with Gasteiger partial charge < -0.3 is 0 Å². The second-order valence-corrected chi connectivity index (χ2v) is 3.12. The van der Waals surface area contributed by atoms with Crippen molar-refractivity contribution in [2.45, 2.75) is 12.6 Å². The molecule has 1 aromatic carbocycles. The Morgan fingerprint density at radius 2 is 1.71 bits per heavy atom. The third-order valence-corrected chi connectivity index (χ3v) is 2.02. The fourth-order valence-electron chi connectivity index (χ4n) is 1.33. The van der Waals surface area contributed by atoms with Gasteiger partial charge in [0.2, 0.25) is 0 Å². The van der Waals surface area contributed by atoms with Crippen LogP contribution in [0.3, 0.4) is 0 Å². The molecule has 0 aromatic heterocycles. The average Bonchev–Trinajstić information content (AvgIpc) is 2.27. The number of nitrogens with zero attached hydrogens (tertiary/aromatic N) is 3. The van der Waals surface area contributed by atoms with Crippen molar-refractivity contribution in [1.29, 1.82) is 15.8 Å². The van der Waals surface area contributed by atoms with Crippen molar-refractivity contribution in [1.82, 2.24) is 0 Å². The summed E-state index contributed by atoms with van der Waals surface area (Å²) in [5, 5.41) is 25.8. The summed E-state index contributed by atoms with van der Waals surface area (Å²) in [6.07, 6.45) is -4.97. The summed E-state index contributed by atoms with van der Waals surface area (Å²) < 4.78 is 37.9. The van der Waals surface area contributed by atoms with E-state index in [2.05, 4.69) is 0 Å². The Balaban J connectivity index is 3.58. The Hall–Kier alpha value is -2.52. The van der Waals surface area contributed by atoms with Gasteiger partial charge in [0.05, 0.1) is 29.2 Å². The number of alkyl halides is 3. The minimum Gasteiger partial charge on any atom is -0.198 e. The highest BCUT2D eigenvalue weighted by Gasteiger charge is 2.35. The van der Waals surface area contributed by atoms with E-state index in [1.165, 1.54) is 12.1 Å². The summed E-state index contributed by atoms with van der Waals surface area (Å²) in [4.78, 5) is 0. The van der Waals surface area contributed by atoms with Crippen LogP contribution in [0.1, 0.15) is 22.3 Å². The molecule has 0 N–H and O–H groups in total. The second-order valence-electron chi connectivity index (χ2n) is 3.12. The quantitative estimate of drug-likeness (QED) is 0.750. The topological polar surface area (TPSA) is 71.4 Å². The molecule has 17 heavy (non-hydrogen) atoms. The minimum absolute atomic E-state index is 0.0652. The summed E-state index contributed by atoms with van der Waals surface area (Å²) in [7, 11) is 0. The van der Waals surface area contributed by atoms with Crippen LogP contribution >= 0.6 is 0 Å². The van der Waals surface area contributed by atoms with Crippen molar-refractivity contribution < 1.29 is 13.2 Å². The van der Waals surface area contributed by atoms with Crippen LogP contribution in [-0.2, 0) is 12.6 Å². The highest BCUT2D eigenvalue weighted by Crippen LogP contribution is 2.34. The van der Waals surface area contributed by atoms with Gasteiger partial charge in [-0.1, -0.05) is 0 Å². The maximum atomic E-state index is 12.6. The molecule has 0 fully saturated rings. The first kappa shape index (κ1) is 12.5. The molecule has 6 heteroatoms. The first-order valence-electron chi connectivity index (χ1n) is 4.35. The third kappa shape index (κ3) is 2.53. The summed E-state index contributed by atoms with van der Waals surface area (Å²) in [5.74, 6) is 0. The minimum atomic E-state index is -4.72. The molecule has 1 rings (SSSR count). The van der Waals surface area contributed by atoms with Gasteiger partial charge in [0.15, 0.2) is 0 Å². The van der Waals surface area contributed by atoms with E-state index in [4.69, 9.17) is 15.8 Å². The van der Waals surface area contributed by atoms with E-state index in [1.807, 2.05) is 0 Å². The molecule has 1 aromatic rings. The van der Waals surface area contributed by atoms with Gasteiger partial charge in [-0.25, -0.2) is 0 Å².